The number of rotatable bonds is 5. The quantitative estimate of drug-likeness (QED) is 0.609. The lowest BCUT2D eigenvalue weighted by molar-refractivity contribution is 0.102. The Hall–Kier alpha value is -3.19. The van der Waals surface area contributed by atoms with Gasteiger partial charge >= 0.3 is 0 Å². The molecule has 1 saturated heterocycles. The Morgan fingerprint density at radius 3 is 2.59 bits per heavy atom. The van der Waals surface area contributed by atoms with E-state index in [1.54, 1.807) is 19.4 Å². The minimum atomic E-state index is -0.282. The Kier molecular flexibility index (Phi) is 6.28. The summed E-state index contributed by atoms with van der Waals surface area (Å²) >= 11 is 0. The summed E-state index contributed by atoms with van der Waals surface area (Å²) in [6.45, 7) is 8.99. The van der Waals surface area contributed by atoms with Gasteiger partial charge in [0, 0.05) is 11.7 Å². The topological polar surface area (TPSA) is 83.1 Å². The monoisotopic (exact) mass is 433 g/mol. The van der Waals surface area contributed by atoms with E-state index in [1.807, 2.05) is 24.3 Å². The summed E-state index contributed by atoms with van der Waals surface area (Å²) in [7, 11) is 1.63. The maximum Gasteiger partial charge on any atom is 0.274 e. The number of nitrogens with zero attached hydrogens (tertiary/aromatic N) is 3. The van der Waals surface area contributed by atoms with Crippen LogP contribution in [0.25, 0.3) is 11.4 Å². The van der Waals surface area contributed by atoms with E-state index >= 15 is 0 Å². The molecule has 0 aliphatic carbocycles. The van der Waals surface area contributed by atoms with E-state index in [0.29, 0.717) is 28.7 Å². The van der Waals surface area contributed by atoms with Gasteiger partial charge in [-0.05, 0) is 88.5 Å². The largest absolute Gasteiger partial charge is 0.495 e. The lowest BCUT2D eigenvalue weighted by Gasteiger charge is -2.41. The normalized spacial score (nSPS) is 15.5. The van der Waals surface area contributed by atoms with Crippen molar-refractivity contribution in [2.45, 2.75) is 45.1 Å². The number of piperidine rings is 1. The van der Waals surface area contributed by atoms with Crippen LogP contribution in [-0.4, -0.2) is 51.7 Å². The van der Waals surface area contributed by atoms with Crippen molar-refractivity contribution in [3.63, 3.8) is 0 Å². The second-order valence-electron chi connectivity index (χ2n) is 9.22. The summed E-state index contributed by atoms with van der Waals surface area (Å²) in [4.78, 5) is 19.9. The average molecular weight is 434 g/mol. The SMILES string of the molecule is COc1cc(C2CCN(C(C)(C)C)CC2)ccc1NC(=O)c1cccc(-c2ccn[nH]2)n1. The van der Waals surface area contributed by atoms with Gasteiger partial charge in [0.2, 0.25) is 0 Å². The second kappa shape index (κ2) is 9.12. The molecule has 0 saturated carbocycles. The summed E-state index contributed by atoms with van der Waals surface area (Å²) in [5.41, 5.74) is 3.87. The number of likely N-dealkylation sites (tertiary alicyclic amines) is 1. The van der Waals surface area contributed by atoms with Crippen molar-refractivity contribution >= 4 is 11.6 Å². The molecule has 32 heavy (non-hydrogen) atoms. The number of hydrogen-bond acceptors (Lipinski definition) is 5. The first-order chi connectivity index (χ1) is 15.3. The molecule has 2 N–H and O–H groups in total. The van der Waals surface area contributed by atoms with E-state index in [9.17, 15) is 4.79 Å². The molecule has 1 aliphatic rings. The molecule has 3 heterocycles. The van der Waals surface area contributed by atoms with Crippen LogP contribution in [0.1, 0.15) is 55.6 Å². The second-order valence-corrected chi connectivity index (χ2v) is 9.22. The Bertz CT molecular complexity index is 1060. The highest BCUT2D eigenvalue weighted by atomic mass is 16.5. The highest BCUT2D eigenvalue weighted by Crippen LogP contribution is 2.35. The number of aromatic amines is 1. The highest BCUT2D eigenvalue weighted by Gasteiger charge is 2.28. The van der Waals surface area contributed by atoms with Gasteiger partial charge in [0.05, 0.1) is 24.2 Å². The molecule has 168 valence electrons. The van der Waals surface area contributed by atoms with Gasteiger partial charge in [0.15, 0.2) is 0 Å². The number of amides is 1. The van der Waals surface area contributed by atoms with Crippen LogP contribution in [0.5, 0.6) is 5.75 Å². The number of aromatic nitrogens is 3. The molecule has 0 atom stereocenters. The third-order valence-electron chi connectivity index (χ3n) is 6.15. The first kappa shape index (κ1) is 22.0. The maximum atomic E-state index is 12.9. The van der Waals surface area contributed by atoms with E-state index in [0.717, 1.165) is 31.6 Å². The molecule has 3 aromatic rings. The van der Waals surface area contributed by atoms with Gasteiger partial charge in [-0.2, -0.15) is 5.10 Å². The molecule has 7 heteroatoms. The predicted octanol–water partition coefficient (Wildman–Crippen LogP) is 4.71. The third kappa shape index (κ3) is 4.83. The molecule has 7 nitrogen and oxygen atoms in total. The fourth-order valence-electron chi connectivity index (χ4n) is 4.24. The summed E-state index contributed by atoms with van der Waals surface area (Å²) in [5.74, 6) is 0.884. The molecule has 2 aromatic heterocycles. The van der Waals surface area contributed by atoms with Crippen molar-refractivity contribution in [1.82, 2.24) is 20.1 Å². The number of nitrogens with one attached hydrogen (secondary N) is 2. The fraction of sp³-hybridized carbons (Fsp3) is 0.400. The van der Waals surface area contributed by atoms with Gasteiger partial charge < -0.3 is 10.1 Å². The first-order valence-electron chi connectivity index (χ1n) is 11.1. The van der Waals surface area contributed by atoms with E-state index in [-0.39, 0.29) is 11.4 Å². The summed E-state index contributed by atoms with van der Waals surface area (Å²) in [6, 6.07) is 13.2. The number of hydrogen-bond donors (Lipinski definition) is 2. The minimum absolute atomic E-state index is 0.208. The van der Waals surface area contributed by atoms with E-state index in [1.165, 1.54) is 5.56 Å². The van der Waals surface area contributed by atoms with Gasteiger partial charge in [0.25, 0.3) is 5.91 Å². The zero-order valence-electron chi connectivity index (χ0n) is 19.2. The van der Waals surface area contributed by atoms with Crippen LogP contribution in [0, 0.1) is 0 Å². The Labute approximate surface area is 189 Å². The molecular weight excluding hydrogens is 402 g/mol. The minimum Gasteiger partial charge on any atom is -0.495 e. The van der Waals surface area contributed by atoms with Crippen LogP contribution in [0.4, 0.5) is 5.69 Å². The van der Waals surface area contributed by atoms with Crippen molar-refractivity contribution in [3.8, 4) is 17.1 Å². The molecular formula is C25H31N5O2. The third-order valence-corrected chi connectivity index (χ3v) is 6.15. The molecule has 4 rings (SSSR count). The van der Waals surface area contributed by atoms with Crippen molar-refractivity contribution in [2.75, 3.05) is 25.5 Å². The zero-order chi connectivity index (χ0) is 22.7. The molecule has 1 amide bonds. The maximum absolute atomic E-state index is 12.9. The number of H-pyrrole nitrogens is 1. The zero-order valence-corrected chi connectivity index (χ0v) is 19.2. The first-order valence-corrected chi connectivity index (χ1v) is 11.1. The van der Waals surface area contributed by atoms with Gasteiger partial charge in [-0.1, -0.05) is 12.1 Å². The van der Waals surface area contributed by atoms with Crippen LogP contribution in [0.3, 0.4) is 0 Å². The molecule has 0 spiro atoms. The van der Waals surface area contributed by atoms with Crippen LogP contribution in [0.15, 0.2) is 48.7 Å². The van der Waals surface area contributed by atoms with Crippen molar-refractivity contribution < 1.29 is 9.53 Å². The summed E-state index contributed by atoms with van der Waals surface area (Å²) in [5, 5.41) is 9.76. The number of benzene rings is 1. The summed E-state index contributed by atoms with van der Waals surface area (Å²) in [6.07, 6.45) is 3.90. The lowest BCUT2D eigenvalue weighted by atomic mass is 9.87. The average Bonchev–Trinajstić information content (AvgIpc) is 3.34. The van der Waals surface area contributed by atoms with Gasteiger partial charge in [0.1, 0.15) is 11.4 Å². The van der Waals surface area contributed by atoms with Crippen molar-refractivity contribution in [1.29, 1.82) is 0 Å². The molecule has 1 aromatic carbocycles. The van der Waals surface area contributed by atoms with Crippen LogP contribution < -0.4 is 10.1 Å². The Morgan fingerprint density at radius 2 is 1.94 bits per heavy atom. The van der Waals surface area contributed by atoms with E-state index in [2.05, 4.69) is 58.3 Å². The molecule has 0 radical (unpaired) electrons. The highest BCUT2D eigenvalue weighted by molar-refractivity contribution is 6.04. The smallest absolute Gasteiger partial charge is 0.274 e. The summed E-state index contributed by atoms with van der Waals surface area (Å²) < 4.78 is 5.61. The molecule has 1 fully saturated rings. The number of methoxy groups -OCH3 is 1. The van der Waals surface area contributed by atoms with Gasteiger partial charge in [-0.3, -0.25) is 14.8 Å². The number of carbonyl (C=O) groups excluding carboxylic acids is 1. The number of ether oxygens (including phenoxy) is 1. The standard InChI is InChI=1S/C25H31N5O2/c1-25(2,3)30-14-11-17(12-15-30)18-8-9-21(23(16-18)32-4)28-24(31)22-7-5-6-19(27-22)20-10-13-26-29-20/h5-10,13,16-17H,11-12,14-15H2,1-4H3,(H,26,29)(H,28,31). The van der Waals surface area contributed by atoms with Crippen LogP contribution in [-0.2, 0) is 0 Å². The van der Waals surface area contributed by atoms with Crippen LogP contribution in [0.2, 0.25) is 0 Å². The van der Waals surface area contributed by atoms with E-state index < -0.39 is 0 Å². The number of pyridine rings is 1. The Morgan fingerprint density at radius 1 is 1.16 bits per heavy atom. The number of carbonyl (C=O) groups is 1. The number of anilines is 1. The van der Waals surface area contributed by atoms with E-state index in [4.69, 9.17) is 4.74 Å². The van der Waals surface area contributed by atoms with Gasteiger partial charge in [-0.25, -0.2) is 4.98 Å². The lowest BCUT2D eigenvalue weighted by Crippen LogP contribution is -2.45. The molecule has 0 unspecified atom stereocenters. The molecule has 1 aliphatic heterocycles. The molecule has 0 bridgehead atoms. The predicted molar refractivity (Wildman–Crippen MR) is 126 cm³/mol. The van der Waals surface area contributed by atoms with Crippen molar-refractivity contribution in [2.24, 2.45) is 0 Å². The van der Waals surface area contributed by atoms with Crippen molar-refractivity contribution in [3.05, 3.63) is 59.9 Å². The fourth-order valence-corrected chi connectivity index (χ4v) is 4.24. The van der Waals surface area contributed by atoms with Crippen LogP contribution >= 0.6 is 0 Å². The van der Waals surface area contributed by atoms with Gasteiger partial charge in [-0.15, -0.1) is 0 Å². The Balaban J connectivity index is 1.47.